The van der Waals surface area contributed by atoms with E-state index < -0.39 is 0 Å². The van der Waals surface area contributed by atoms with Gasteiger partial charge in [0.2, 0.25) is 0 Å². The lowest BCUT2D eigenvalue weighted by atomic mass is 9.88. The zero-order valence-electron chi connectivity index (χ0n) is 14.3. The van der Waals surface area contributed by atoms with Crippen LogP contribution in [-0.2, 0) is 6.54 Å². The zero-order chi connectivity index (χ0) is 15.4. The third-order valence-corrected chi connectivity index (χ3v) is 4.41. The Bertz CT molecular complexity index is 444. The van der Waals surface area contributed by atoms with Crippen LogP contribution < -0.4 is 10.1 Å². The molecular formula is C19H31NO. The van der Waals surface area contributed by atoms with Crippen LogP contribution in [-0.4, -0.2) is 12.1 Å². The molecule has 0 heterocycles. The largest absolute Gasteiger partial charge is 0.490 e. The van der Waals surface area contributed by atoms with E-state index >= 15 is 0 Å². The van der Waals surface area contributed by atoms with Crippen LogP contribution in [0.1, 0.15) is 63.1 Å². The monoisotopic (exact) mass is 289 g/mol. The molecule has 2 nitrogen and oxygen atoms in total. The van der Waals surface area contributed by atoms with Gasteiger partial charge < -0.3 is 10.1 Å². The van der Waals surface area contributed by atoms with Crippen molar-refractivity contribution >= 4 is 0 Å². The van der Waals surface area contributed by atoms with Crippen LogP contribution >= 0.6 is 0 Å². The summed E-state index contributed by atoms with van der Waals surface area (Å²) >= 11 is 0. The van der Waals surface area contributed by atoms with Gasteiger partial charge in [0.1, 0.15) is 5.75 Å². The topological polar surface area (TPSA) is 21.3 Å². The summed E-state index contributed by atoms with van der Waals surface area (Å²) in [5.74, 6) is 1.92. The molecule has 2 heteroatoms. The second-order valence-electron chi connectivity index (χ2n) is 7.11. The molecule has 1 aliphatic carbocycles. The number of hydrogen-bond acceptors (Lipinski definition) is 2. The molecule has 2 unspecified atom stereocenters. The lowest BCUT2D eigenvalue weighted by molar-refractivity contribution is 0.127. The summed E-state index contributed by atoms with van der Waals surface area (Å²) in [7, 11) is 0. The van der Waals surface area contributed by atoms with Crippen LogP contribution in [0.4, 0.5) is 0 Å². The van der Waals surface area contributed by atoms with Gasteiger partial charge in [-0.15, -0.1) is 0 Å². The Morgan fingerprint density at radius 3 is 2.43 bits per heavy atom. The highest BCUT2D eigenvalue weighted by atomic mass is 16.5. The first-order valence-corrected chi connectivity index (χ1v) is 8.46. The Kier molecular flexibility index (Phi) is 5.69. The van der Waals surface area contributed by atoms with Gasteiger partial charge in [0.25, 0.3) is 0 Å². The molecule has 0 spiro atoms. The van der Waals surface area contributed by atoms with Gasteiger partial charge in [-0.3, -0.25) is 0 Å². The maximum Gasteiger partial charge on any atom is 0.125 e. The number of hydrogen-bond donors (Lipinski definition) is 1. The van der Waals surface area contributed by atoms with Crippen molar-refractivity contribution in [2.45, 2.75) is 79.0 Å². The van der Waals surface area contributed by atoms with Crippen molar-refractivity contribution < 1.29 is 4.74 Å². The van der Waals surface area contributed by atoms with Crippen molar-refractivity contribution in [1.82, 2.24) is 5.32 Å². The van der Waals surface area contributed by atoms with Gasteiger partial charge in [0.05, 0.1) is 6.10 Å². The quantitative estimate of drug-likeness (QED) is 0.844. The summed E-state index contributed by atoms with van der Waals surface area (Å²) in [5.41, 5.74) is 3.89. The molecule has 0 bridgehead atoms. The number of rotatable bonds is 5. The highest BCUT2D eigenvalue weighted by Crippen LogP contribution is 2.31. The number of ether oxygens (including phenoxy) is 1. The van der Waals surface area contributed by atoms with Crippen LogP contribution in [0.15, 0.2) is 12.1 Å². The molecular weight excluding hydrogens is 258 g/mol. The van der Waals surface area contributed by atoms with Crippen molar-refractivity contribution in [3.05, 3.63) is 28.8 Å². The molecule has 0 aliphatic heterocycles. The number of aryl methyl sites for hydroxylation is 2. The Morgan fingerprint density at radius 2 is 1.86 bits per heavy atom. The average molecular weight is 289 g/mol. The molecule has 1 aliphatic rings. The smallest absolute Gasteiger partial charge is 0.125 e. The first-order valence-electron chi connectivity index (χ1n) is 8.46. The molecule has 118 valence electrons. The molecule has 0 radical (unpaired) electrons. The maximum absolute atomic E-state index is 6.35. The highest BCUT2D eigenvalue weighted by molar-refractivity contribution is 5.43. The lowest BCUT2D eigenvalue weighted by Gasteiger charge is -2.29. The van der Waals surface area contributed by atoms with Crippen molar-refractivity contribution in [3.8, 4) is 5.75 Å². The fourth-order valence-corrected chi connectivity index (χ4v) is 3.30. The molecule has 1 fully saturated rings. The van der Waals surface area contributed by atoms with Gasteiger partial charge in [0.15, 0.2) is 0 Å². The van der Waals surface area contributed by atoms with Crippen molar-refractivity contribution in [2.24, 2.45) is 5.92 Å². The van der Waals surface area contributed by atoms with E-state index in [1.807, 2.05) is 0 Å². The zero-order valence-corrected chi connectivity index (χ0v) is 14.3. The van der Waals surface area contributed by atoms with E-state index in [1.54, 1.807) is 0 Å². The van der Waals surface area contributed by atoms with E-state index in [9.17, 15) is 0 Å². The minimum absolute atomic E-state index is 0.408. The summed E-state index contributed by atoms with van der Waals surface area (Å²) in [4.78, 5) is 0. The Balaban J connectivity index is 2.06. The summed E-state index contributed by atoms with van der Waals surface area (Å²) < 4.78 is 6.35. The average Bonchev–Trinajstić information content (AvgIpc) is 2.40. The summed E-state index contributed by atoms with van der Waals surface area (Å²) in [6, 6.07) is 5.05. The highest BCUT2D eigenvalue weighted by Gasteiger charge is 2.21. The minimum atomic E-state index is 0.408. The molecule has 0 amide bonds. The van der Waals surface area contributed by atoms with Crippen LogP contribution in [0.3, 0.4) is 0 Å². The Morgan fingerprint density at radius 1 is 1.19 bits per heavy atom. The van der Waals surface area contributed by atoms with Crippen molar-refractivity contribution in [2.75, 3.05) is 0 Å². The molecule has 2 rings (SSSR count). The normalized spacial score (nSPS) is 22.6. The van der Waals surface area contributed by atoms with Crippen molar-refractivity contribution in [1.29, 1.82) is 0 Å². The summed E-state index contributed by atoms with van der Waals surface area (Å²) in [6.45, 7) is 12.0. The summed E-state index contributed by atoms with van der Waals surface area (Å²) in [6.07, 6.45) is 5.48. The van der Waals surface area contributed by atoms with Gasteiger partial charge in [-0.2, -0.15) is 0 Å². The van der Waals surface area contributed by atoms with E-state index in [1.165, 1.54) is 42.4 Å². The van der Waals surface area contributed by atoms with Crippen LogP contribution in [0.2, 0.25) is 0 Å². The molecule has 0 saturated heterocycles. The number of benzene rings is 1. The van der Waals surface area contributed by atoms with E-state index in [4.69, 9.17) is 4.74 Å². The predicted octanol–water partition coefficient (Wildman–Crippen LogP) is 4.76. The van der Waals surface area contributed by atoms with E-state index in [0.717, 1.165) is 18.2 Å². The van der Waals surface area contributed by atoms with Crippen LogP contribution in [0.25, 0.3) is 0 Å². The molecule has 0 aromatic heterocycles. The lowest BCUT2D eigenvalue weighted by Crippen LogP contribution is -2.25. The molecule has 1 aromatic rings. The fraction of sp³-hybridized carbons (Fsp3) is 0.684. The van der Waals surface area contributed by atoms with Crippen molar-refractivity contribution in [3.63, 3.8) is 0 Å². The predicted molar refractivity (Wildman–Crippen MR) is 89.9 cm³/mol. The summed E-state index contributed by atoms with van der Waals surface area (Å²) in [5, 5.41) is 3.48. The Labute approximate surface area is 130 Å². The SMILES string of the molecule is Cc1cc(CNC(C)C)cc(C)c1OC1CCCC(C)C1. The third-order valence-electron chi connectivity index (χ3n) is 4.41. The van der Waals surface area contributed by atoms with Gasteiger partial charge in [-0.05, 0) is 55.7 Å². The fourth-order valence-electron chi connectivity index (χ4n) is 3.30. The van der Waals surface area contributed by atoms with Gasteiger partial charge in [-0.1, -0.05) is 39.3 Å². The van der Waals surface area contributed by atoms with E-state index in [-0.39, 0.29) is 0 Å². The Hall–Kier alpha value is -1.02. The molecule has 1 saturated carbocycles. The first kappa shape index (κ1) is 16.4. The molecule has 2 atom stereocenters. The first-order chi connectivity index (χ1) is 9.95. The van der Waals surface area contributed by atoms with Crippen LogP contribution in [0.5, 0.6) is 5.75 Å². The second-order valence-corrected chi connectivity index (χ2v) is 7.11. The second kappa shape index (κ2) is 7.31. The number of nitrogens with one attached hydrogen (secondary N) is 1. The van der Waals surface area contributed by atoms with Gasteiger partial charge in [-0.25, -0.2) is 0 Å². The minimum Gasteiger partial charge on any atom is -0.490 e. The third kappa shape index (κ3) is 4.74. The maximum atomic E-state index is 6.35. The van der Waals surface area contributed by atoms with Crippen LogP contribution in [0, 0.1) is 19.8 Å². The van der Waals surface area contributed by atoms with Gasteiger partial charge >= 0.3 is 0 Å². The van der Waals surface area contributed by atoms with Gasteiger partial charge in [0, 0.05) is 12.6 Å². The molecule has 21 heavy (non-hydrogen) atoms. The standard InChI is InChI=1S/C19H31NO/c1-13(2)20-12-17-10-15(4)19(16(5)11-17)21-18-8-6-7-14(3)9-18/h10-11,13-14,18,20H,6-9,12H2,1-5H3. The van der Waals surface area contributed by atoms with E-state index in [0.29, 0.717) is 12.1 Å². The van der Waals surface area contributed by atoms with E-state index in [2.05, 4.69) is 52.1 Å². The molecule has 1 aromatic carbocycles. The molecule has 1 N–H and O–H groups in total.